The van der Waals surface area contributed by atoms with E-state index in [9.17, 15) is 4.79 Å². The summed E-state index contributed by atoms with van der Waals surface area (Å²) in [5, 5.41) is 9.02. The fourth-order valence-electron chi connectivity index (χ4n) is 4.07. The second-order valence-electron chi connectivity index (χ2n) is 7.41. The number of likely N-dealkylation sites (tertiary alicyclic amines) is 1. The first-order valence-electron chi connectivity index (χ1n) is 9.94. The monoisotopic (exact) mass is 427 g/mol. The lowest BCUT2D eigenvalue weighted by molar-refractivity contribution is 0.493. The summed E-state index contributed by atoms with van der Waals surface area (Å²) in [6.45, 7) is 4.23. The molecule has 150 valence electrons. The summed E-state index contributed by atoms with van der Waals surface area (Å²) in [6, 6.07) is 1.89. The van der Waals surface area contributed by atoms with E-state index < -0.39 is 0 Å². The second kappa shape index (κ2) is 7.46. The number of hydrogen-bond acceptors (Lipinski definition) is 4. The zero-order valence-corrected chi connectivity index (χ0v) is 17.7. The van der Waals surface area contributed by atoms with Crippen LogP contribution in [0.15, 0.2) is 32.9 Å². The van der Waals surface area contributed by atoms with Crippen molar-refractivity contribution < 1.29 is 0 Å². The minimum absolute atomic E-state index is 0.144. The van der Waals surface area contributed by atoms with Crippen LogP contribution in [-0.4, -0.2) is 38.2 Å². The maximum absolute atomic E-state index is 11.9. The lowest BCUT2D eigenvalue weighted by Gasteiger charge is -2.19. The summed E-state index contributed by atoms with van der Waals surface area (Å²) < 4.78 is 0. The minimum Gasteiger partial charge on any atom is -0.371 e. The molecule has 5 rings (SSSR count). The average molecular weight is 428 g/mol. The van der Waals surface area contributed by atoms with Crippen molar-refractivity contribution in [3.05, 3.63) is 54.9 Å². The van der Waals surface area contributed by atoms with Crippen molar-refractivity contribution in [2.75, 3.05) is 13.1 Å². The van der Waals surface area contributed by atoms with Crippen LogP contribution in [0.1, 0.15) is 31.9 Å². The smallest absolute Gasteiger partial charge is 0.273 e. The van der Waals surface area contributed by atoms with Gasteiger partial charge in [0.05, 0.1) is 10.4 Å². The van der Waals surface area contributed by atoms with Crippen molar-refractivity contribution in [1.82, 2.24) is 25.1 Å². The number of halogens is 1. The minimum atomic E-state index is -0.144. The zero-order valence-electron chi connectivity index (χ0n) is 16.1. The average Bonchev–Trinajstić information content (AvgIpc) is 3.42. The first kappa shape index (κ1) is 18.6. The van der Waals surface area contributed by atoms with E-state index in [4.69, 9.17) is 11.6 Å². The number of aryl methyl sites for hydroxylation is 1. The van der Waals surface area contributed by atoms with Gasteiger partial charge in [-0.1, -0.05) is 36.4 Å². The molecule has 0 atom stereocenters. The van der Waals surface area contributed by atoms with E-state index in [-0.39, 0.29) is 5.56 Å². The van der Waals surface area contributed by atoms with E-state index in [1.54, 1.807) is 18.0 Å². The zero-order chi connectivity index (χ0) is 20.0. The molecule has 0 unspecified atom stereocenters. The number of nitrogens with one attached hydrogen (secondary N) is 3. The number of hydrogen-bond donors (Lipinski definition) is 3. The van der Waals surface area contributed by atoms with Gasteiger partial charge in [-0.15, -0.1) is 0 Å². The molecule has 0 saturated carbocycles. The third kappa shape index (κ3) is 3.32. The molecule has 3 aromatic rings. The molecular weight excluding hydrogens is 406 g/mol. The predicted molar refractivity (Wildman–Crippen MR) is 118 cm³/mol. The number of thioether (sulfide) groups is 1. The summed E-state index contributed by atoms with van der Waals surface area (Å²) in [7, 11) is 0. The number of nitrogens with zero attached hydrogens (tertiary/aromatic N) is 2. The SMILES string of the molecule is CCc1[nH]c2c(c1Cl)=C(N1CCCC1)C=C(Sc1cnc3[nH][nH]c(=O)c3c1)CC=2. The third-order valence-corrected chi connectivity index (χ3v) is 6.97. The Morgan fingerprint density at radius 3 is 2.90 bits per heavy atom. The number of aromatic nitrogens is 4. The molecule has 0 radical (unpaired) electrons. The van der Waals surface area contributed by atoms with Crippen LogP contribution >= 0.6 is 23.4 Å². The molecule has 29 heavy (non-hydrogen) atoms. The van der Waals surface area contributed by atoms with E-state index in [0.717, 1.165) is 52.1 Å². The first-order chi connectivity index (χ1) is 14.1. The number of pyridine rings is 1. The Morgan fingerprint density at radius 2 is 2.10 bits per heavy atom. The topological polar surface area (TPSA) is 80.6 Å². The van der Waals surface area contributed by atoms with E-state index in [1.807, 2.05) is 6.07 Å². The summed E-state index contributed by atoms with van der Waals surface area (Å²) in [4.78, 5) is 24.4. The molecule has 1 aliphatic carbocycles. The molecule has 3 aromatic heterocycles. The lowest BCUT2D eigenvalue weighted by Crippen LogP contribution is -2.31. The Morgan fingerprint density at radius 1 is 1.28 bits per heavy atom. The van der Waals surface area contributed by atoms with E-state index in [2.05, 4.69) is 44.1 Å². The molecular formula is C21H22ClN5OS. The van der Waals surface area contributed by atoms with E-state index in [0.29, 0.717) is 11.0 Å². The Kier molecular flexibility index (Phi) is 4.80. The highest BCUT2D eigenvalue weighted by Gasteiger charge is 2.20. The first-order valence-corrected chi connectivity index (χ1v) is 11.1. The molecule has 0 bridgehead atoms. The Bertz CT molecular complexity index is 1290. The van der Waals surface area contributed by atoms with E-state index >= 15 is 0 Å². The molecule has 8 heteroatoms. The fourth-order valence-corrected chi connectivity index (χ4v) is 5.37. The van der Waals surface area contributed by atoms with Crippen molar-refractivity contribution >= 4 is 46.2 Å². The van der Waals surface area contributed by atoms with E-state index in [1.165, 1.54) is 23.4 Å². The van der Waals surface area contributed by atoms with Gasteiger partial charge in [-0.2, -0.15) is 0 Å². The molecule has 6 nitrogen and oxygen atoms in total. The van der Waals surface area contributed by atoms with Crippen LogP contribution < -0.4 is 16.1 Å². The van der Waals surface area contributed by atoms with Crippen molar-refractivity contribution in [3.8, 4) is 0 Å². The molecule has 0 amide bonds. The van der Waals surface area contributed by atoms with Crippen LogP contribution in [0.3, 0.4) is 0 Å². The largest absolute Gasteiger partial charge is 0.371 e. The van der Waals surface area contributed by atoms with Gasteiger partial charge in [0.25, 0.3) is 5.56 Å². The van der Waals surface area contributed by atoms with Crippen LogP contribution in [0.2, 0.25) is 5.02 Å². The molecule has 0 spiro atoms. The summed E-state index contributed by atoms with van der Waals surface area (Å²) in [6.07, 6.45) is 10.4. The molecule has 1 saturated heterocycles. The van der Waals surface area contributed by atoms with Crippen LogP contribution in [0.5, 0.6) is 0 Å². The number of rotatable bonds is 4. The maximum atomic E-state index is 11.9. The fraction of sp³-hybridized carbons (Fsp3) is 0.333. The number of aromatic amines is 3. The summed E-state index contributed by atoms with van der Waals surface area (Å²) in [5.41, 5.74) is 2.73. The highest BCUT2D eigenvalue weighted by atomic mass is 35.5. The van der Waals surface area contributed by atoms with Crippen LogP contribution in [0, 0.1) is 0 Å². The molecule has 2 aliphatic rings. The van der Waals surface area contributed by atoms with Gasteiger partial charge in [-0.3, -0.25) is 15.0 Å². The van der Waals surface area contributed by atoms with Crippen LogP contribution in [-0.2, 0) is 6.42 Å². The second-order valence-corrected chi connectivity index (χ2v) is 8.98. The normalized spacial score (nSPS) is 16.7. The standard InChI is InChI=1S/C21H22ClN5OS/c1-2-15-19(22)18-16(24-15)6-5-12(10-17(18)27-7-3-4-8-27)29-13-9-14-20(23-11-13)25-26-21(14)28/h6,9-11,24H,2-5,7-8H2,1H3,(H2,23,25,26,28). The van der Waals surface area contributed by atoms with Gasteiger partial charge in [0.2, 0.25) is 0 Å². The molecule has 3 N–H and O–H groups in total. The summed E-state index contributed by atoms with van der Waals surface area (Å²) in [5.74, 6) is 0. The molecule has 4 heterocycles. The van der Waals surface area contributed by atoms with Gasteiger partial charge < -0.3 is 9.88 Å². The van der Waals surface area contributed by atoms with Crippen molar-refractivity contribution in [2.45, 2.75) is 37.5 Å². The molecule has 1 aliphatic heterocycles. The number of H-pyrrole nitrogens is 3. The molecule has 1 fully saturated rings. The number of fused-ring (bicyclic) bond motifs is 2. The van der Waals surface area contributed by atoms with Gasteiger partial charge in [0, 0.05) is 46.1 Å². The van der Waals surface area contributed by atoms with Gasteiger partial charge in [0.1, 0.15) is 0 Å². The maximum Gasteiger partial charge on any atom is 0.273 e. The van der Waals surface area contributed by atoms with Crippen molar-refractivity contribution in [1.29, 1.82) is 0 Å². The Hall–Kier alpha value is -2.38. The van der Waals surface area contributed by atoms with Crippen molar-refractivity contribution in [2.24, 2.45) is 0 Å². The highest BCUT2D eigenvalue weighted by molar-refractivity contribution is 8.03. The van der Waals surface area contributed by atoms with Gasteiger partial charge >= 0.3 is 0 Å². The van der Waals surface area contributed by atoms with Gasteiger partial charge in [-0.05, 0) is 42.7 Å². The quantitative estimate of drug-likeness (QED) is 0.598. The highest BCUT2D eigenvalue weighted by Crippen LogP contribution is 2.33. The van der Waals surface area contributed by atoms with Gasteiger partial charge in [0.15, 0.2) is 5.65 Å². The Balaban J connectivity index is 1.60. The molecule has 0 aromatic carbocycles. The van der Waals surface area contributed by atoms with Gasteiger partial charge in [-0.25, -0.2) is 4.98 Å². The Labute approximate surface area is 176 Å². The summed E-state index contributed by atoms with van der Waals surface area (Å²) >= 11 is 8.43. The van der Waals surface area contributed by atoms with Crippen LogP contribution in [0.25, 0.3) is 22.8 Å². The third-order valence-electron chi connectivity index (χ3n) is 5.55. The van der Waals surface area contributed by atoms with Crippen LogP contribution in [0.4, 0.5) is 0 Å². The lowest BCUT2D eigenvalue weighted by atomic mass is 10.2. The predicted octanol–water partition coefficient (Wildman–Crippen LogP) is 2.86. The van der Waals surface area contributed by atoms with Crippen molar-refractivity contribution in [3.63, 3.8) is 0 Å². The number of allylic oxidation sites excluding steroid dienone is 1.